The van der Waals surface area contributed by atoms with E-state index in [1.165, 1.54) is 13.8 Å². The highest BCUT2D eigenvalue weighted by Crippen LogP contribution is 2.37. The molecular formula is C14H12N2O8S. The van der Waals surface area contributed by atoms with Crippen molar-refractivity contribution >= 4 is 21.2 Å². The third-order valence-electron chi connectivity index (χ3n) is 3.52. The van der Waals surface area contributed by atoms with Crippen molar-refractivity contribution in [1.82, 2.24) is 0 Å². The second-order valence-corrected chi connectivity index (χ2v) is 7.18. The quantitative estimate of drug-likeness (QED) is 0.614. The molecule has 25 heavy (non-hydrogen) atoms. The van der Waals surface area contributed by atoms with E-state index in [1.807, 2.05) is 0 Å². The highest BCUT2D eigenvalue weighted by atomic mass is 32.2. The topological polar surface area (TPSA) is 161 Å². The zero-order valence-corrected chi connectivity index (χ0v) is 13.8. The predicted octanol–water partition coefficient (Wildman–Crippen LogP) is 2.36. The number of phenols is 2. The monoisotopic (exact) mass is 368 g/mol. The number of nitro groups is 2. The summed E-state index contributed by atoms with van der Waals surface area (Å²) in [6, 6.07) is 3.38. The Bertz CT molecular complexity index is 938. The van der Waals surface area contributed by atoms with E-state index in [4.69, 9.17) is 0 Å². The summed E-state index contributed by atoms with van der Waals surface area (Å²) >= 11 is 0. The number of sulfone groups is 1. The summed E-state index contributed by atoms with van der Waals surface area (Å²) in [6.45, 7) is 2.57. The van der Waals surface area contributed by atoms with E-state index in [1.54, 1.807) is 0 Å². The number of phenolic OH excluding ortho intramolecular Hbond substituents is 2. The van der Waals surface area contributed by atoms with Gasteiger partial charge >= 0.3 is 11.4 Å². The van der Waals surface area contributed by atoms with Gasteiger partial charge < -0.3 is 10.2 Å². The van der Waals surface area contributed by atoms with Gasteiger partial charge in [0.15, 0.2) is 11.5 Å². The Labute approximate surface area is 141 Å². The van der Waals surface area contributed by atoms with Gasteiger partial charge in [0, 0.05) is 12.1 Å². The molecule has 0 fully saturated rings. The van der Waals surface area contributed by atoms with E-state index in [0.29, 0.717) is 12.1 Å². The van der Waals surface area contributed by atoms with Crippen molar-refractivity contribution in [1.29, 1.82) is 0 Å². The molecule has 0 heterocycles. The van der Waals surface area contributed by atoms with Crippen molar-refractivity contribution in [2.24, 2.45) is 0 Å². The fraction of sp³-hybridized carbons (Fsp3) is 0.143. The molecule has 0 atom stereocenters. The highest BCUT2D eigenvalue weighted by molar-refractivity contribution is 7.91. The van der Waals surface area contributed by atoms with E-state index < -0.39 is 52.3 Å². The molecule has 2 rings (SSSR count). The Morgan fingerprint density at radius 3 is 1.40 bits per heavy atom. The molecular weight excluding hydrogens is 356 g/mol. The largest absolute Gasteiger partial charge is 0.502 e. The maximum atomic E-state index is 12.7. The molecule has 0 aliphatic heterocycles. The predicted molar refractivity (Wildman–Crippen MR) is 84.4 cm³/mol. The van der Waals surface area contributed by atoms with Crippen LogP contribution in [0.15, 0.2) is 34.1 Å². The molecule has 2 aromatic carbocycles. The minimum Gasteiger partial charge on any atom is -0.502 e. The Balaban J connectivity index is 2.76. The van der Waals surface area contributed by atoms with E-state index in [0.717, 1.165) is 12.1 Å². The molecule has 0 aliphatic rings. The van der Waals surface area contributed by atoms with E-state index >= 15 is 0 Å². The maximum Gasteiger partial charge on any atom is 0.312 e. The van der Waals surface area contributed by atoms with Crippen LogP contribution < -0.4 is 0 Å². The Hall–Kier alpha value is -3.21. The van der Waals surface area contributed by atoms with E-state index in [9.17, 15) is 38.9 Å². The first-order valence-electron chi connectivity index (χ1n) is 6.68. The zero-order valence-electron chi connectivity index (χ0n) is 13.0. The van der Waals surface area contributed by atoms with Crippen molar-refractivity contribution in [3.05, 3.63) is 55.6 Å². The number of aryl methyl sites for hydroxylation is 2. The second-order valence-electron chi connectivity index (χ2n) is 5.23. The molecule has 10 nitrogen and oxygen atoms in total. The minimum atomic E-state index is -4.36. The molecule has 0 unspecified atom stereocenters. The third-order valence-corrected chi connectivity index (χ3v) is 5.23. The van der Waals surface area contributed by atoms with Crippen LogP contribution in [0.1, 0.15) is 11.1 Å². The van der Waals surface area contributed by atoms with Gasteiger partial charge in [0.2, 0.25) is 9.84 Å². The smallest absolute Gasteiger partial charge is 0.312 e. The third kappa shape index (κ3) is 3.08. The molecule has 2 N–H and O–H groups in total. The number of nitro benzene ring substituents is 2. The van der Waals surface area contributed by atoms with E-state index in [2.05, 4.69) is 0 Å². The van der Waals surface area contributed by atoms with Gasteiger partial charge in [0.1, 0.15) is 0 Å². The lowest BCUT2D eigenvalue weighted by Crippen LogP contribution is -2.05. The van der Waals surface area contributed by atoms with E-state index in [-0.39, 0.29) is 11.1 Å². The highest BCUT2D eigenvalue weighted by Gasteiger charge is 2.28. The zero-order chi connectivity index (χ0) is 19.1. The number of nitrogens with zero attached hydrogens (tertiary/aromatic N) is 2. The van der Waals surface area contributed by atoms with Crippen molar-refractivity contribution in [2.75, 3.05) is 0 Å². The molecule has 0 spiro atoms. The SMILES string of the molecule is Cc1cc(S(=O)(=O)c2cc(C)c(O)c([N+](=O)[O-])c2)cc([N+](=O)[O-])c1O. The van der Waals surface area contributed by atoms with Crippen molar-refractivity contribution < 1.29 is 28.5 Å². The summed E-state index contributed by atoms with van der Waals surface area (Å²) in [6.07, 6.45) is 0. The summed E-state index contributed by atoms with van der Waals surface area (Å²) in [5.74, 6) is -1.34. The standard InChI is InChI=1S/C14H12N2O8S/c1-7-3-9(5-11(13(7)17)15(19)20)25(23,24)10-4-8(2)14(18)12(6-10)16(21)22/h3-6,17-18H,1-2H3. The summed E-state index contributed by atoms with van der Waals surface area (Å²) in [7, 11) is -4.36. The summed E-state index contributed by atoms with van der Waals surface area (Å²) in [4.78, 5) is 19.0. The lowest BCUT2D eigenvalue weighted by Gasteiger charge is -2.09. The Kier molecular flexibility index (Phi) is 4.36. The Morgan fingerprint density at radius 1 is 0.800 bits per heavy atom. The van der Waals surface area contributed by atoms with Gasteiger partial charge in [-0.25, -0.2) is 8.42 Å². The minimum absolute atomic E-state index is 0.0437. The fourth-order valence-corrected chi connectivity index (χ4v) is 3.65. The average molecular weight is 368 g/mol. The first-order valence-corrected chi connectivity index (χ1v) is 8.16. The number of aromatic hydroxyl groups is 2. The van der Waals surface area contributed by atoms with Crippen LogP contribution in [-0.4, -0.2) is 28.5 Å². The second kappa shape index (κ2) is 6.02. The molecule has 2 aromatic rings. The average Bonchev–Trinajstić information content (AvgIpc) is 2.51. The molecule has 0 aliphatic carbocycles. The maximum absolute atomic E-state index is 12.7. The Morgan fingerprint density at radius 2 is 1.12 bits per heavy atom. The van der Waals surface area contributed by atoms with Gasteiger partial charge in [0.25, 0.3) is 0 Å². The van der Waals surface area contributed by atoms with Crippen LogP contribution in [0.5, 0.6) is 11.5 Å². The summed E-state index contributed by atoms with van der Waals surface area (Å²) in [5.41, 5.74) is -1.69. The number of hydrogen-bond donors (Lipinski definition) is 2. The lowest BCUT2D eigenvalue weighted by atomic mass is 10.2. The molecule has 0 bridgehead atoms. The molecule has 0 aromatic heterocycles. The number of hydrogen-bond acceptors (Lipinski definition) is 8. The van der Waals surface area contributed by atoms with Gasteiger partial charge in [-0.15, -0.1) is 0 Å². The van der Waals surface area contributed by atoms with Gasteiger partial charge in [-0.1, -0.05) is 0 Å². The van der Waals surface area contributed by atoms with Crippen LogP contribution >= 0.6 is 0 Å². The normalized spacial score (nSPS) is 11.3. The van der Waals surface area contributed by atoms with Crippen LogP contribution in [0.2, 0.25) is 0 Å². The van der Waals surface area contributed by atoms with Gasteiger partial charge in [-0.3, -0.25) is 20.2 Å². The van der Waals surface area contributed by atoms with Crippen LogP contribution in [0.25, 0.3) is 0 Å². The van der Waals surface area contributed by atoms with Crippen LogP contribution in [0.4, 0.5) is 11.4 Å². The molecule has 132 valence electrons. The molecule has 0 amide bonds. The van der Waals surface area contributed by atoms with Gasteiger partial charge in [-0.2, -0.15) is 0 Å². The van der Waals surface area contributed by atoms with Crippen LogP contribution in [-0.2, 0) is 9.84 Å². The summed E-state index contributed by atoms with van der Waals surface area (Å²) < 4.78 is 25.4. The first-order chi connectivity index (χ1) is 11.5. The lowest BCUT2D eigenvalue weighted by molar-refractivity contribution is -0.386. The molecule has 0 saturated heterocycles. The van der Waals surface area contributed by atoms with Crippen molar-refractivity contribution in [2.45, 2.75) is 23.6 Å². The molecule has 11 heteroatoms. The number of rotatable bonds is 4. The first kappa shape index (κ1) is 18.1. The molecule has 0 saturated carbocycles. The van der Waals surface area contributed by atoms with Gasteiger partial charge in [-0.05, 0) is 37.1 Å². The van der Waals surface area contributed by atoms with Crippen LogP contribution in [0, 0.1) is 34.1 Å². The van der Waals surface area contributed by atoms with Gasteiger partial charge in [0.05, 0.1) is 19.6 Å². The molecule has 0 radical (unpaired) electrons. The van der Waals surface area contributed by atoms with Crippen molar-refractivity contribution in [3.63, 3.8) is 0 Å². The number of benzene rings is 2. The summed E-state index contributed by atoms with van der Waals surface area (Å²) in [5, 5.41) is 41.3. The van der Waals surface area contributed by atoms with Crippen molar-refractivity contribution in [3.8, 4) is 11.5 Å². The fourth-order valence-electron chi connectivity index (χ4n) is 2.18. The van der Waals surface area contributed by atoms with Crippen LogP contribution in [0.3, 0.4) is 0 Å².